The van der Waals surface area contributed by atoms with Crippen LogP contribution in [0.15, 0.2) is 0 Å². The van der Waals surface area contributed by atoms with Crippen molar-refractivity contribution in [2.45, 2.75) is 38.6 Å². The maximum absolute atomic E-state index is 11.8. The molecule has 1 heterocycles. The number of carbonyl (C=O) groups is 1. The zero-order valence-electron chi connectivity index (χ0n) is 10.3. The second kappa shape index (κ2) is 5.34. The smallest absolute Gasteiger partial charge is 0.410 e. The Labute approximate surface area is 101 Å². The van der Waals surface area contributed by atoms with Gasteiger partial charge in [-0.15, -0.1) is 0 Å². The van der Waals surface area contributed by atoms with E-state index in [1.54, 1.807) is 26.8 Å². The van der Waals surface area contributed by atoms with Crippen LogP contribution >= 0.6 is 0 Å². The highest BCUT2D eigenvalue weighted by Gasteiger charge is 2.31. The third kappa shape index (κ3) is 4.21. The second-order valence-corrected chi connectivity index (χ2v) is 4.91. The maximum Gasteiger partial charge on any atom is 0.410 e. The van der Waals surface area contributed by atoms with Crippen LogP contribution < -0.4 is 0 Å². The van der Waals surface area contributed by atoms with Gasteiger partial charge in [-0.25, -0.2) is 4.79 Å². The van der Waals surface area contributed by atoms with E-state index in [1.807, 2.05) is 0 Å². The predicted octanol–water partition coefficient (Wildman–Crippen LogP) is 0.507. The van der Waals surface area contributed by atoms with Crippen LogP contribution in [0.4, 0.5) is 4.79 Å². The van der Waals surface area contributed by atoms with Crippen LogP contribution in [0.3, 0.4) is 0 Å². The van der Waals surface area contributed by atoms with E-state index < -0.39 is 23.9 Å². The zero-order valence-corrected chi connectivity index (χ0v) is 10.3. The minimum atomic E-state index is -1.22. The number of hydrogen-bond acceptors (Lipinski definition) is 5. The molecule has 0 aromatic heterocycles. The fourth-order valence-corrected chi connectivity index (χ4v) is 1.44. The van der Waals surface area contributed by atoms with Crippen molar-refractivity contribution in [1.82, 2.24) is 4.90 Å². The predicted molar refractivity (Wildman–Crippen MR) is 59.2 cm³/mol. The molecule has 1 unspecified atom stereocenters. The molecule has 1 saturated heterocycles. The van der Waals surface area contributed by atoms with Gasteiger partial charge in [-0.2, -0.15) is 5.26 Å². The van der Waals surface area contributed by atoms with Gasteiger partial charge in [-0.3, -0.25) is 0 Å². The zero-order chi connectivity index (χ0) is 13.1. The molecule has 0 spiro atoms. The van der Waals surface area contributed by atoms with Gasteiger partial charge in [0.05, 0.1) is 19.2 Å². The number of hydrogen-bond donors (Lipinski definition) is 1. The van der Waals surface area contributed by atoms with Crippen LogP contribution in [0.2, 0.25) is 0 Å². The van der Waals surface area contributed by atoms with Gasteiger partial charge in [0.1, 0.15) is 11.7 Å². The molecule has 1 fully saturated rings. The van der Waals surface area contributed by atoms with Crippen molar-refractivity contribution in [2.75, 3.05) is 19.7 Å². The number of carbonyl (C=O) groups excluding carboxylic acids is 1. The third-order valence-corrected chi connectivity index (χ3v) is 2.23. The highest BCUT2D eigenvalue weighted by molar-refractivity contribution is 5.68. The molecule has 1 aliphatic rings. The topological polar surface area (TPSA) is 82.8 Å². The molecule has 96 valence electrons. The number of amides is 1. The SMILES string of the molecule is CC(C)(C)OC(=O)N1CCO[C@H](C(O)C#N)C1. The summed E-state index contributed by atoms with van der Waals surface area (Å²) in [5.74, 6) is 0. The molecule has 17 heavy (non-hydrogen) atoms. The Morgan fingerprint density at radius 3 is 2.82 bits per heavy atom. The molecule has 0 aliphatic carbocycles. The van der Waals surface area contributed by atoms with E-state index in [-0.39, 0.29) is 6.54 Å². The fourth-order valence-electron chi connectivity index (χ4n) is 1.44. The molecule has 2 atom stereocenters. The largest absolute Gasteiger partial charge is 0.444 e. The number of aliphatic hydroxyl groups is 1. The number of nitriles is 1. The first-order valence-electron chi connectivity index (χ1n) is 5.50. The number of aliphatic hydroxyl groups excluding tert-OH is 1. The molecular formula is C11H18N2O4. The van der Waals surface area contributed by atoms with Crippen LogP contribution in [0.1, 0.15) is 20.8 Å². The molecule has 0 aromatic carbocycles. The van der Waals surface area contributed by atoms with E-state index in [0.717, 1.165) is 0 Å². The van der Waals surface area contributed by atoms with Crippen LogP contribution in [-0.4, -0.2) is 53.6 Å². The lowest BCUT2D eigenvalue weighted by molar-refractivity contribution is -0.0751. The monoisotopic (exact) mass is 242 g/mol. The molecule has 0 saturated carbocycles. The average molecular weight is 242 g/mol. The Kier molecular flexibility index (Phi) is 4.32. The van der Waals surface area contributed by atoms with Gasteiger partial charge in [0.15, 0.2) is 6.10 Å². The van der Waals surface area contributed by atoms with Gasteiger partial charge in [-0.1, -0.05) is 0 Å². The molecule has 0 bridgehead atoms. The van der Waals surface area contributed by atoms with E-state index in [4.69, 9.17) is 14.7 Å². The van der Waals surface area contributed by atoms with Crippen molar-refractivity contribution in [2.24, 2.45) is 0 Å². The Morgan fingerprint density at radius 1 is 1.65 bits per heavy atom. The van der Waals surface area contributed by atoms with Gasteiger partial charge in [-0.05, 0) is 20.8 Å². The van der Waals surface area contributed by atoms with Crippen LogP contribution in [0.25, 0.3) is 0 Å². The Hall–Kier alpha value is -1.32. The minimum Gasteiger partial charge on any atom is -0.444 e. The Morgan fingerprint density at radius 2 is 2.29 bits per heavy atom. The molecular weight excluding hydrogens is 224 g/mol. The van der Waals surface area contributed by atoms with E-state index in [2.05, 4.69) is 0 Å². The summed E-state index contributed by atoms with van der Waals surface area (Å²) < 4.78 is 10.4. The van der Waals surface area contributed by atoms with Crippen LogP contribution in [0.5, 0.6) is 0 Å². The summed E-state index contributed by atoms with van der Waals surface area (Å²) in [5.41, 5.74) is -0.557. The minimum absolute atomic E-state index is 0.170. The lowest BCUT2D eigenvalue weighted by atomic mass is 10.2. The lowest BCUT2D eigenvalue weighted by Gasteiger charge is -2.34. The van der Waals surface area contributed by atoms with Gasteiger partial charge < -0.3 is 19.5 Å². The first-order chi connectivity index (χ1) is 7.83. The summed E-state index contributed by atoms with van der Waals surface area (Å²) in [7, 11) is 0. The number of ether oxygens (including phenoxy) is 2. The number of morpholine rings is 1. The van der Waals surface area contributed by atoms with Crippen molar-refractivity contribution < 1.29 is 19.4 Å². The molecule has 1 rings (SSSR count). The molecule has 0 radical (unpaired) electrons. The van der Waals surface area contributed by atoms with E-state index in [1.165, 1.54) is 4.90 Å². The van der Waals surface area contributed by atoms with E-state index in [0.29, 0.717) is 13.2 Å². The highest BCUT2D eigenvalue weighted by Crippen LogP contribution is 2.14. The molecule has 0 aromatic rings. The van der Waals surface area contributed by atoms with Gasteiger partial charge >= 0.3 is 6.09 Å². The first-order valence-corrected chi connectivity index (χ1v) is 5.50. The number of nitrogens with zero attached hydrogens (tertiary/aromatic N) is 2. The lowest BCUT2D eigenvalue weighted by Crippen LogP contribution is -2.50. The van der Waals surface area contributed by atoms with Crippen molar-refractivity contribution in [3.63, 3.8) is 0 Å². The summed E-state index contributed by atoms with van der Waals surface area (Å²) in [4.78, 5) is 13.2. The summed E-state index contributed by atoms with van der Waals surface area (Å²) in [5, 5.41) is 17.9. The molecule has 1 aliphatic heterocycles. The summed E-state index contributed by atoms with van der Waals surface area (Å²) >= 11 is 0. The summed E-state index contributed by atoms with van der Waals surface area (Å²) in [6.07, 6.45) is -2.34. The van der Waals surface area contributed by atoms with Gasteiger partial charge in [0, 0.05) is 6.54 Å². The molecule has 6 nitrogen and oxygen atoms in total. The molecule has 1 N–H and O–H groups in total. The van der Waals surface area contributed by atoms with Crippen molar-refractivity contribution in [3.8, 4) is 6.07 Å². The Balaban J connectivity index is 2.55. The van der Waals surface area contributed by atoms with Crippen molar-refractivity contribution >= 4 is 6.09 Å². The summed E-state index contributed by atoms with van der Waals surface area (Å²) in [6.45, 7) is 6.22. The first kappa shape index (κ1) is 13.7. The molecule has 1 amide bonds. The fraction of sp³-hybridized carbons (Fsp3) is 0.818. The van der Waals surface area contributed by atoms with Crippen LogP contribution in [-0.2, 0) is 9.47 Å². The van der Waals surface area contributed by atoms with Crippen molar-refractivity contribution in [1.29, 1.82) is 5.26 Å². The Bertz CT molecular complexity index is 318. The quantitative estimate of drug-likeness (QED) is 0.677. The van der Waals surface area contributed by atoms with E-state index in [9.17, 15) is 9.90 Å². The molecule has 6 heteroatoms. The second-order valence-electron chi connectivity index (χ2n) is 4.91. The highest BCUT2D eigenvalue weighted by atomic mass is 16.6. The maximum atomic E-state index is 11.8. The normalized spacial score (nSPS) is 22.8. The number of rotatable bonds is 1. The van der Waals surface area contributed by atoms with Gasteiger partial charge in [0.25, 0.3) is 0 Å². The van der Waals surface area contributed by atoms with E-state index >= 15 is 0 Å². The standard InChI is InChI=1S/C11H18N2O4/c1-11(2,3)17-10(15)13-4-5-16-9(7-13)8(14)6-12/h8-9,14H,4-5,7H2,1-3H3/t8?,9-/m0/s1. The average Bonchev–Trinajstić information content (AvgIpc) is 2.26. The van der Waals surface area contributed by atoms with Crippen LogP contribution in [0, 0.1) is 11.3 Å². The summed E-state index contributed by atoms with van der Waals surface area (Å²) in [6, 6.07) is 1.69. The van der Waals surface area contributed by atoms with Gasteiger partial charge in [0.2, 0.25) is 0 Å². The van der Waals surface area contributed by atoms with Crippen molar-refractivity contribution in [3.05, 3.63) is 0 Å². The third-order valence-electron chi connectivity index (χ3n) is 2.23.